The molecule has 0 saturated carbocycles. The van der Waals surface area contributed by atoms with Gasteiger partial charge in [-0.3, -0.25) is 5.41 Å². The lowest BCUT2D eigenvalue weighted by molar-refractivity contribution is 0.174. The Morgan fingerprint density at radius 2 is 1.92 bits per heavy atom. The summed E-state index contributed by atoms with van der Waals surface area (Å²) in [5, 5.41) is 19.2. The summed E-state index contributed by atoms with van der Waals surface area (Å²) in [6.07, 6.45) is 0. The van der Waals surface area contributed by atoms with E-state index in [0.29, 0.717) is 22.9 Å². The van der Waals surface area contributed by atoms with Crippen LogP contribution in [0.5, 0.6) is 11.5 Å². The Bertz CT molecular complexity index is 1100. The monoisotopic (exact) mass is 348 g/mol. The number of aromatic nitrogens is 2. The molecular formula is C19H16N4O3. The molecule has 5 rings (SSSR count). The van der Waals surface area contributed by atoms with Crippen molar-refractivity contribution in [3.8, 4) is 11.5 Å². The van der Waals surface area contributed by atoms with E-state index in [-0.39, 0.29) is 24.9 Å². The fourth-order valence-electron chi connectivity index (χ4n) is 3.46. The zero-order valence-electron chi connectivity index (χ0n) is 14.1. The molecule has 0 atom stereocenters. The van der Waals surface area contributed by atoms with Crippen LogP contribution in [0, 0.1) is 5.41 Å². The number of amidine groups is 1. The summed E-state index contributed by atoms with van der Waals surface area (Å²) in [5.41, 5.74) is 3.00. The zero-order valence-corrected chi connectivity index (χ0v) is 14.1. The minimum atomic E-state index is 0.131. The molecule has 7 nitrogen and oxygen atoms in total. The highest BCUT2D eigenvalue weighted by molar-refractivity contribution is 6.30. The first kappa shape index (κ1) is 14.8. The molecule has 1 aromatic heterocycles. The molecule has 0 radical (unpaired) electrons. The van der Waals surface area contributed by atoms with Crippen LogP contribution in [0.15, 0.2) is 48.2 Å². The molecule has 7 heteroatoms. The number of hydrogen-bond acceptors (Lipinski definition) is 5. The molecule has 2 aromatic carbocycles. The lowest BCUT2D eigenvalue weighted by Gasteiger charge is -2.19. The third kappa shape index (κ3) is 2.00. The number of aliphatic hydroxyl groups excluding tert-OH is 1. The van der Waals surface area contributed by atoms with Crippen molar-refractivity contribution in [2.24, 2.45) is 7.05 Å². The van der Waals surface area contributed by atoms with Crippen LogP contribution in [-0.2, 0) is 7.05 Å². The highest BCUT2D eigenvalue weighted by Crippen LogP contribution is 2.38. The first-order valence-corrected chi connectivity index (χ1v) is 8.23. The van der Waals surface area contributed by atoms with Crippen LogP contribution in [0.2, 0.25) is 0 Å². The van der Waals surface area contributed by atoms with Gasteiger partial charge in [-0.2, -0.15) is 0 Å². The van der Waals surface area contributed by atoms with Crippen LogP contribution in [0.4, 0.5) is 5.69 Å². The number of ether oxygens (including phenoxy) is 2. The second-order valence-electron chi connectivity index (χ2n) is 6.28. The maximum absolute atomic E-state index is 10.6. The van der Waals surface area contributed by atoms with Crippen LogP contribution >= 0.6 is 0 Å². The highest BCUT2D eigenvalue weighted by atomic mass is 16.7. The molecule has 130 valence electrons. The number of nitrogens with one attached hydrogen (secondary N) is 1. The van der Waals surface area contributed by atoms with Crippen LogP contribution in [-0.4, -0.2) is 33.8 Å². The van der Waals surface area contributed by atoms with Gasteiger partial charge < -0.3 is 24.0 Å². The zero-order chi connectivity index (χ0) is 17.8. The summed E-state index contributed by atoms with van der Waals surface area (Å²) in [4.78, 5) is 6.34. The minimum Gasteiger partial charge on any atom is -0.509 e. The normalized spacial score (nSPS) is 16.2. The molecule has 0 bridgehead atoms. The summed E-state index contributed by atoms with van der Waals surface area (Å²) in [6.45, 7) is 0.419. The summed E-state index contributed by atoms with van der Waals surface area (Å²) in [5.74, 6) is 2.25. The predicted molar refractivity (Wildman–Crippen MR) is 97.9 cm³/mol. The Hall–Kier alpha value is -3.48. The summed E-state index contributed by atoms with van der Waals surface area (Å²) >= 11 is 0. The van der Waals surface area contributed by atoms with E-state index in [1.807, 2.05) is 54.1 Å². The first-order valence-electron chi connectivity index (χ1n) is 8.23. The Kier molecular flexibility index (Phi) is 3.00. The number of aryl methyl sites for hydroxylation is 1. The molecule has 0 unspecified atom stereocenters. The van der Waals surface area contributed by atoms with Gasteiger partial charge in [-0.1, -0.05) is 12.1 Å². The van der Waals surface area contributed by atoms with Crippen molar-refractivity contribution in [3.63, 3.8) is 0 Å². The SMILES string of the molecule is Cn1c(C2=C(O)CN(c3ccc4c(c3)OCO4)C2=N)nc2ccccc21. The van der Waals surface area contributed by atoms with Crippen LogP contribution in [0.1, 0.15) is 5.82 Å². The number of benzene rings is 2. The number of hydrogen-bond donors (Lipinski definition) is 2. The number of rotatable bonds is 2. The average Bonchev–Trinajstić information content (AvgIpc) is 3.31. The smallest absolute Gasteiger partial charge is 0.231 e. The number of aliphatic hydroxyl groups is 1. The van der Waals surface area contributed by atoms with Crippen molar-refractivity contribution in [1.29, 1.82) is 5.41 Å². The summed E-state index contributed by atoms with van der Waals surface area (Å²) in [6, 6.07) is 13.2. The Morgan fingerprint density at radius 1 is 1.12 bits per heavy atom. The average molecular weight is 348 g/mol. The van der Waals surface area contributed by atoms with E-state index in [9.17, 15) is 5.11 Å². The second kappa shape index (κ2) is 5.26. The van der Waals surface area contributed by atoms with Crippen LogP contribution in [0.3, 0.4) is 0 Å². The van der Waals surface area contributed by atoms with Crippen LogP contribution in [0.25, 0.3) is 16.6 Å². The number of fused-ring (bicyclic) bond motifs is 2. The predicted octanol–water partition coefficient (Wildman–Crippen LogP) is 3.07. The maximum atomic E-state index is 10.6. The van der Waals surface area contributed by atoms with Crippen LogP contribution < -0.4 is 14.4 Å². The molecule has 0 spiro atoms. The lowest BCUT2D eigenvalue weighted by atomic mass is 10.2. The molecular weight excluding hydrogens is 332 g/mol. The van der Waals surface area contributed by atoms with Gasteiger partial charge in [-0.25, -0.2) is 4.98 Å². The third-order valence-electron chi connectivity index (χ3n) is 4.78. The number of imidazole rings is 1. The van der Waals surface area contributed by atoms with Gasteiger partial charge in [0.2, 0.25) is 6.79 Å². The standard InChI is InChI=1S/C19H16N4O3/c1-22-13-5-3-2-4-12(13)21-19(22)17-14(24)9-23(18(17)20)11-6-7-15-16(8-11)26-10-25-15/h2-8,20,24H,9-10H2,1H3. The van der Waals surface area contributed by atoms with Crippen molar-refractivity contribution in [2.75, 3.05) is 18.2 Å². The molecule has 0 saturated heterocycles. The molecule has 2 N–H and O–H groups in total. The third-order valence-corrected chi connectivity index (χ3v) is 4.78. The van der Waals surface area contributed by atoms with Gasteiger partial charge in [0.05, 0.1) is 23.2 Å². The van der Waals surface area contributed by atoms with E-state index in [2.05, 4.69) is 4.98 Å². The van der Waals surface area contributed by atoms with E-state index in [1.54, 1.807) is 4.90 Å². The van der Waals surface area contributed by atoms with E-state index in [4.69, 9.17) is 14.9 Å². The molecule has 2 aliphatic rings. The van der Waals surface area contributed by atoms with Gasteiger partial charge in [-0.05, 0) is 24.3 Å². The molecule has 2 aliphatic heterocycles. The maximum Gasteiger partial charge on any atom is 0.231 e. The summed E-state index contributed by atoms with van der Waals surface area (Å²) in [7, 11) is 1.89. The number of anilines is 1. The number of nitrogens with zero attached hydrogens (tertiary/aromatic N) is 3. The van der Waals surface area contributed by atoms with E-state index in [1.165, 1.54) is 0 Å². The van der Waals surface area contributed by atoms with Gasteiger partial charge in [0.1, 0.15) is 17.4 Å². The molecule has 0 amide bonds. The van der Waals surface area contributed by atoms with Gasteiger partial charge in [0.25, 0.3) is 0 Å². The Balaban J connectivity index is 1.55. The molecule has 3 aromatic rings. The fraction of sp³-hybridized carbons (Fsp3) is 0.158. The van der Waals surface area contributed by atoms with Crippen molar-refractivity contribution in [2.45, 2.75) is 0 Å². The molecule has 0 fully saturated rings. The molecule has 26 heavy (non-hydrogen) atoms. The molecule has 0 aliphatic carbocycles. The topological polar surface area (TPSA) is 83.6 Å². The number of para-hydroxylation sites is 2. The van der Waals surface area contributed by atoms with Gasteiger partial charge in [0, 0.05) is 18.8 Å². The van der Waals surface area contributed by atoms with Crippen molar-refractivity contribution in [3.05, 3.63) is 54.0 Å². The van der Waals surface area contributed by atoms with Gasteiger partial charge in [0.15, 0.2) is 11.5 Å². The van der Waals surface area contributed by atoms with Crippen molar-refractivity contribution < 1.29 is 14.6 Å². The second-order valence-corrected chi connectivity index (χ2v) is 6.28. The van der Waals surface area contributed by atoms with E-state index in [0.717, 1.165) is 16.7 Å². The van der Waals surface area contributed by atoms with E-state index >= 15 is 0 Å². The van der Waals surface area contributed by atoms with E-state index < -0.39 is 0 Å². The molecule has 3 heterocycles. The van der Waals surface area contributed by atoms with Gasteiger partial charge in [-0.15, -0.1) is 0 Å². The Morgan fingerprint density at radius 3 is 2.77 bits per heavy atom. The van der Waals surface area contributed by atoms with Crippen molar-refractivity contribution >= 4 is 28.1 Å². The lowest BCUT2D eigenvalue weighted by Crippen LogP contribution is -2.26. The quantitative estimate of drug-likeness (QED) is 0.744. The minimum absolute atomic E-state index is 0.131. The summed E-state index contributed by atoms with van der Waals surface area (Å²) < 4.78 is 12.7. The largest absolute Gasteiger partial charge is 0.509 e. The first-order chi connectivity index (χ1) is 12.6. The van der Waals surface area contributed by atoms with Gasteiger partial charge >= 0.3 is 0 Å². The van der Waals surface area contributed by atoms with Crippen molar-refractivity contribution in [1.82, 2.24) is 9.55 Å². The fourth-order valence-corrected chi connectivity index (χ4v) is 3.46. The Labute approximate surface area is 149 Å². The highest BCUT2D eigenvalue weighted by Gasteiger charge is 2.33.